The van der Waals surface area contributed by atoms with Crippen molar-refractivity contribution in [2.75, 3.05) is 36.6 Å². The second-order valence-electron chi connectivity index (χ2n) is 5.60. The number of imidazole rings is 1. The van der Waals surface area contributed by atoms with E-state index in [1.165, 1.54) is 0 Å². The van der Waals surface area contributed by atoms with E-state index in [0.29, 0.717) is 18.1 Å². The number of anilines is 1. The fraction of sp³-hybridized carbons (Fsp3) is 0.786. The van der Waals surface area contributed by atoms with Crippen LogP contribution in [0.25, 0.3) is 0 Å². The zero-order chi connectivity index (χ0) is 15.3. The van der Waals surface area contributed by atoms with Gasteiger partial charge in [0.25, 0.3) is 0 Å². The Morgan fingerprint density at radius 1 is 1.52 bits per heavy atom. The zero-order valence-corrected chi connectivity index (χ0v) is 13.7. The van der Waals surface area contributed by atoms with Crippen molar-refractivity contribution >= 4 is 15.8 Å². The van der Waals surface area contributed by atoms with Gasteiger partial charge in [-0.15, -0.1) is 0 Å². The molecule has 1 saturated heterocycles. The fourth-order valence-corrected chi connectivity index (χ4v) is 4.47. The molecule has 0 spiro atoms. The van der Waals surface area contributed by atoms with Crippen LogP contribution in [0, 0.1) is 12.8 Å². The average molecular weight is 315 g/mol. The Morgan fingerprint density at radius 3 is 3.00 bits per heavy atom. The number of aromatic nitrogens is 2. The molecule has 6 nitrogen and oxygen atoms in total. The van der Waals surface area contributed by atoms with Crippen LogP contribution in [0.1, 0.15) is 25.5 Å². The molecule has 2 heterocycles. The van der Waals surface area contributed by atoms with E-state index in [1.807, 2.05) is 20.0 Å². The molecule has 0 saturated carbocycles. The van der Waals surface area contributed by atoms with Crippen molar-refractivity contribution in [2.24, 2.45) is 5.92 Å². The maximum absolute atomic E-state index is 11.5. The third-order valence-corrected chi connectivity index (χ3v) is 5.50. The Labute approximate surface area is 126 Å². The Kier molecular flexibility index (Phi) is 5.64. The van der Waals surface area contributed by atoms with Gasteiger partial charge in [-0.3, -0.25) is 0 Å². The molecule has 0 radical (unpaired) electrons. The van der Waals surface area contributed by atoms with E-state index >= 15 is 0 Å². The van der Waals surface area contributed by atoms with Gasteiger partial charge in [0, 0.05) is 32.5 Å². The fourth-order valence-electron chi connectivity index (χ4n) is 2.61. The van der Waals surface area contributed by atoms with Gasteiger partial charge in [-0.05, 0) is 32.6 Å². The van der Waals surface area contributed by atoms with Crippen molar-refractivity contribution in [3.63, 3.8) is 0 Å². The third-order valence-electron chi connectivity index (χ3n) is 3.66. The molecule has 0 aromatic carbocycles. The predicted molar refractivity (Wildman–Crippen MR) is 83.3 cm³/mol. The summed E-state index contributed by atoms with van der Waals surface area (Å²) in [6, 6.07) is 0. The molecule has 2 rings (SSSR count). The number of nitrogens with one attached hydrogen (secondary N) is 1. The highest BCUT2D eigenvalue weighted by molar-refractivity contribution is 7.91. The van der Waals surface area contributed by atoms with E-state index in [-0.39, 0.29) is 5.92 Å². The first-order valence-corrected chi connectivity index (χ1v) is 9.38. The van der Waals surface area contributed by atoms with Crippen molar-refractivity contribution in [3.05, 3.63) is 11.9 Å². The van der Waals surface area contributed by atoms with Crippen LogP contribution in [-0.4, -0.2) is 49.2 Å². The van der Waals surface area contributed by atoms with E-state index in [9.17, 15) is 8.42 Å². The molecule has 0 amide bonds. The lowest BCUT2D eigenvalue weighted by atomic mass is 10.1. The summed E-state index contributed by atoms with van der Waals surface area (Å²) in [5, 5.41) is 3.30. The lowest BCUT2D eigenvalue weighted by Crippen LogP contribution is -2.18. The number of aryl methyl sites for hydroxylation is 2. The predicted octanol–water partition coefficient (Wildman–Crippen LogP) is 1.46. The molecule has 0 bridgehead atoms. The molecule has 0 aliphatic carbocycles. The molecule has 1 atom stereocenters. The normalized spacial score (nSPS) is 20.8. The monoisotopic (exact) mass is 315 g/mol. The first-order valence-electron chi connectivity index (χ1n) is 7.56. The second-order valence-corrected chi connectivity index (χ2v) is 7.83. The highest BCUT2D eigenvalue weighted by atomic mass is 32.2. The molecule has 1 aromatic rings. The third kappa shape index (κ3) is 5.00. The van der Waals surface area contributed by atoms with Gasteiger partial charge >= 0.3 is 0 Å². The summed E-state index contributed by atoms with van der Waals surface area (Å²) in [6.45, 7) is 6.96. The average Bonchev–Trinajstić information content (AvgIpc) is 2.95. The SMILES string of the molecule is CCOCCCn1cc(C)nc1NCC1CCS(=O)(=O)C1. The van der Waals surface area contributed by atoms with Gasteiger partial charge in [0.1, 0.15) is 0 Å². The summed E-state index contributed by atoms with van der Waals surface area (Å²) in [7, 11) is -2.81. The van der Waals surface area contributed by atoms with Crippen LogP contribution in [0.5, 0.6) is 0 Å². The molecule has 1 unspecified atom stereocenters. The smallest absolute Gasteiger partial charge is 0.203 e. The van der Waals surface area contributed by atoms with Crippen LogP contribution in [0.2, 0.25) is 0 Å². The topological polar surface area (TPSA) is 73.2 Å². The maximum Gasteiger partial charge on any atom is 0.203 e. The first-order chi connectivity index (χ1) is 10.00. The molecule has 1 fully saturated rings. The minimum Gasteiger partial charge on any atom is -0.382 e. The molecule has 1 N–H and O–H groups in total. The first kappa shape index (κ1) is 16.3. The lowest BCUT2D eigenvalue weighted by molar-refractivity contribution is 0.142. The van der Waals surface area contributed by atoms with Gasteiger partial charge in [-0.1, -0.05) is 0 Å². The summed E-state index contributed by atoms with van der Waals surface area (Å²) in [5.74, 6) is 1.64. The van der Waals surface area contributed by atoms with Crippen LogP contribution >= 0.6 is 0 Å². The number of sulfone groups is 1. The Bertz CT molecular complexity index is 554. The van der Waals surface area contributed by atoms with Crippen molar-refractivity contribution in [1.82, 2.24) is 9.55 Å². The van der Waals surface area contributed by atoms with Crippen molar-refractivity contribution in [1.29, 1.82) is 0 Å². The molecule has 120 valence electrons. The maximum atomic E-state index is 11.5. The van der Waals surface area contributed by atoms with Gasteiger partial charge in [0.05, 0.1) is 17.2 Å². The number of ether oxygens (including phenoxy) is 1. The number of nitrogens with zero attached hydrogens (tertiary/aromatic N) is 2. The lowest BCUT2D eigenvalue weighted by Gasteiger charge is -2.12. The summed E-state index contributed by atoms with van der Waals surface area (Å²) in [5.41, 5.74) is 0.966. The van der Waals surface area contributed by atoms with E-state index in [4.69, 9.17) is 4.74 Å². The van der Waals surface area contributed by atoms with E-state index < -0.39 is 9.84 Å². The van der Waals surface area contributed by atoms with Crippen LogP contribution in [0.4, 0.5) is 5.95 Å². The molecule has 21 heavy (non-hydrogen) atoms. The van der Waals surface area contributed by atoms with E-state index in [2.05, 4.69) is 14.9 Å². The highest BCUT2D eigenvalue weighted by Crippen LogP contribution is 2.19. The Morgan fingerprint density at radius 2 is 2.33 bits per heavy atom. The van der Waals surface area contributed by atoms with Crippen molar-refractivity contribution in [3.8, 4) is 0 Å². The Hall–Kier alpha value is -1.08. The molecule has 1 aliphatic rings. The summed E-state index contributed by atoms with van der Waals surface area (Å²) >= 11 is 0. The zero-order valence-electron chi connectivity index (χ0n) is 12.8. The van der Waals surface area contributed by atoms with Gasteiger partial charge in [-0.2, -0.15) is 0 Å². The summed E-state index contributed by atoms with van der Waals surface area (Å²) < 4.78 is 30.4. The van der Waals surface area contributed by atoms with Crippen LogP contribution < -0.4 is 5.32 Å². The number of hydrogen-bond acceptors (Lipinski definition) is 5. The number of rotatable bonds is 8. The summed E-state index contributed by atoms with van der Waals surface area (Å²) in [6.07, 6.45) is 3.70. The summed E-state index contributed by atoms with van der Waals surface area (Å²) in [4.78, 5) is 4.47. The Balaban J connectivity index is 1.85. The highest BCUT2D eigenvalue weighted by Gasteiger charge is 2.27. The minimum absolute atomic E-state index is 0.198. The molecule has 1 aliphatic heterocycles. The van der Waals surface area contributed by atoms with Crippen molar-refractivity contribution < 1.29 is 13.2 Å². The van der Waals surface area contributed by atoms with E-state index in [1.54, 1.807) is 0 Å². The van der Waals surface area contributed by atoms with Gasteiger partial charge < -0.3 is 14.6 Å². The standard InChI is InChI=1S/C14H25N3O3S/c1-3-20-7-4-6-17-10-12(2)16-14(17)15-9-13-5-8-21(18,19)11-13/h10,13H,3-9,11H2,1-2H3,(H,15,16). The van der Waals surface area contributed by atoms with Gasteiger partial charge in [-0.25, -0.2) is 13.4 Å². The van der Waals surface area contributed by atoms with Crippen LogP contribution in [0.15, 0.2) is 6.20 Å². The molecule has 7 heteroatoms. The molecule has 1 aromatic heterocycles. The van der Waals surface area contributed by atoms with Crippen LogP contribution in [0.3, 0.4) is 0 Å². The largest absolute Gasteiger partial charge is 0.382 e. The minimum atomic E-state index is -2.81. The quantitative estimate of drug-likeness (QED) is 0.735. The number of hydrogen-bond donors (Lipinski definition) is 1. The van der Waals surface area contributed by atoms with Gasteiger partial charge in [0.2, 0.25) is 5.95 Å². The van der Waals surface area contributed by atoms with Crippen molar-refractivity contribution in [2.45, 2.75) is 33.2 Å². The van der Waals surface area contributed by atoms with Crippen LogP contribution in [-0.2, 0) is 21.1 Å². The molecular weight excluding hydrogens is 290 g/mol. The van der Waals surface area contributed by atoms with Gasteiger partial charge in [0.15, 0.2) is 9.84 Å². The molecular formula is C14H25N3O3S. The van der Waals surface area contributed by atoms with E-state index in [0.717, 1.165) is 44.2 Å². The second kappa shape index (κ2) is 7.26.